The van der Waals surface area contributed by atoms with Gasteiger partial charge in [0.05, 0.1) is 17.7 Å². The molecular formula is C27H36N4O2. The fourth-order valence-electron chi connectivity index (χ4n) is 5.69. The van der Waals surface area contributed by atoms with Crippen LogP contribution in [0.3, 0.4) is 0 Å². The molecular weight excluding hydrogens is 412 g/mol. The number of pyridine rings is 1. The first-order valence-electron chi connectivity index (χ1n) is 12.6. The van der Waals surface area contributed by atoms with Gasteiger partial charge in [-0.05, 0) is 63.5 Å². The molecule has 3 saturated heterocycles. The number of hydrogen-bond acceptors (Lipinski definition) is 5. The number of benzene rings is 1. The van der Waals surface area contributed by atoms with E-state index in [0.717, 1.165) is 63.6 Å². The van der Waals surface area contributed by atoms with E-state index in [1.807, 2.05) is 23.1 Å². The summed E-state index contributed by atoms with van der Waals surface area (Å²) >= 11 is 0. The molecule has 176 valence electrons. The van der Waals surface area contributed by atoms with Crippen LogP contribution >= 0.6 is 0 Å². The lowest BCUT2D eigenvalue weighted by atomic mass is 9.85. The van der Waals surface area contributed by atoms with Gasteiger partial charge in [0.2, 0.25) is 5.91 Å². The Morgan fingerprint density at radius 1 is 0.879 bits per heavy atom. The fourth-order valence-corrected chi connectivity index (χ4v) is 5.69. The highest BCUT2D eigenvalue weighted by Crippen LogP contribution is 2.41. The number of ether oxygens (including phenoxy) is 1. The zero-order valence-electron chi connectivity index (χ0n) is 19.6. The van der Waals surface area contributed by atoms with Gasteiger partial charge in [0.1, 0.15) is 12.4 Å². The Hall–Kier alpha value is -2.44. The predicted octanol–water partition coefficient (Wildman–Crippen LogP) is 3.57. The summed E-state index contributed by atoms with van der Waals surface area (Å²) in [7, 11) is 0. The maximum Gasteiger partial charge on any atom is 0.230 e. The molecule has 2 aromatic rings. The van der Waals surface area contributed by atoms with Crippen molar-refractivity contribution < 1.29 is 9.53 Å². The summed E-state index contributed by atoms with van der Waals surface area (Å²) in [5.41, 5.74) is 1.97. The van der Waals surface area contributed by atoms with E-state index in [2.05, 4.69) is 39.0 Å². The zero-order valence-corrected chi connectivity index (χ0v) is 19.6. The molecule has 3 fully saturated rings. The van der Waals surface area contributed by atoms with Gasteiger partial charge in [-0.15, -0.1) is 0 Å². The van der Waals surface area contributed by atoms with Gasteiger partial charge in [-0.25, -0.2) is 0 Å². The number of aromatic nitrogens is 1. The summed E-state index contributed by atoms with van der Waals surface area (Å²) in [6, 6.07) is 14.3. The van der Waals surface area contributed by atoms with Crippen LogP contribution in [0.15, 0.2) is 48.7 Å². The van der Waals surface area contributed by atoms with Crippen molar-refractivity contribution in [1.29, 1.82) is 0 Å². The van der Waals surface area contributed by atoms with E-state index in [1.165, 1.54) is 37.9 Å². The van der Waals surface area contributed by atoms with Gasteiger partial charge in [0.15, 0.2) is 0 Å². The number of hydrogen-bond donors (Lipinski definition) is 0. The van der Waals surface area contributed by atoms with E-state index in [9.17, 15) is 4.79 Å². The lowest BCUT2D eigenvalue weighted by Crippen LogP contribution is -2.36. The maximum atomic E-state index is 13.3. The van der Waals surface area contributed by atoms with Crippen LogP contribution in [-0.4, -0.2) is 71.5 Å². The van der Waals surface area contributed by atoms with E-state index in [-0.39, 0.29) is 5.41 Å². The number of carbonyl (C=O) groups is 1. The van der Waals surface area contributed by atoms with Crippen LogP contribution in [0, 0.1) is 5.41 Å². The minimum absolute atomic E-state index is 0.223. The average molecular weight is 449 g/mol. The second-order valence-corrected chi connectivity index (χ2v) is 9.90. The van der Waals surface area contributed by atoms with Crippen LogP contribution in [0.4, 0.5) is 0 Å². The second kappa shape index (κ2) is 10.2. The van der Waals surface area contributed by atoms with Crippen LogP contribution in [-0.2, 0) is 17.9 Å². The molecule has 0 saturated carbocycles. The number of carbonyl (C=O) groups excluding carboxylic acids is 1. The highest BCUT2D eigenvalue weighted by molar-refractivity contribution is 5.85. The number of nitrogens with zero attached hydrogens (tertiary/aromatic N) is 4. The van der Waals surface area contributed by atoms with Crippen LogP contribution in [0.2, 0.25) is 0 Å². The Balaban J connectivity index is 1.16. The Morgan fingerprint density at radius 3 is 2.55 bits per heavy atom. The second-order valence-electron chi connectivity index (χ2n) is 9.90. The van der Waals surface area contributed by atoms with Crippen LogP contribution in [0.25, 0.3) is 0 Å². The molecule has 33 heavy (non-hydrogen) atoms. The summed E-state index contributed by atoms with van der Waals surface area (Å²) in [4.78, 5) is 24.7. The highest BCUT2D eigenvalue weighted by Gasteiger charge is 2.50. The van der Waals surface area contributed by atoms with Crippen LogP contribution in [0.1, 0.15) is 43.4 Å². The van der Waals surface area contributed by atoms with Crippen molar-refractivity contribution >= 4 is 5.91 Å². The van der Waals surface area contributed by atoms with Crippen molar-refractivity contribution in [3.8, 4) is 5.75 Å². The molecule has 0 N–H and O–H groups in total. The molecule has 1 spiro atoms. The van der Waals surface area contributed by atoms with E-state index in [0.29, 0.717) is 12.5 Å². The van der Waals surface area contributed by atoms with Crippen molar-refractivity contribution in [3.63, 3.8) is 0 Å². The molecule has 4 heterocycles. The topological polar surface area (TPSA) is 48.9 Å². The molecule has 0 aliphatic carbocycles. The van der Waals surface area contributed by atoms with Crippen LogP contribution in [0.5, 0.6) is 5.75 Å². The monoisotopic (exact) mass is 448 g/mol. The highest BCUT2D eigenvalue weighted by atomic mass is 16.5. The summed E-state index contributed by atoms with van der Waals surface area (Å²) in [5.74, 6) is 1.30. The lowest BCUT2D eigenvalue weighted by molar-refractivity contribution is -0.136. The third kappa shape index (κ3) is 5.22. The number of likely N-dealkylation sites (tertiary alicyclic amines) is 3. The minimum atomic E-state index is -0.223. The molecule has 1 aromatic carbocycles. The molecule has 3 aliphatic heterocycles. The quantitative estimate of drug-likeness (QED) is 0.618. The normalized spacial score (nSPS) is 24.1. The molecule has 6 heteroatoms. The smallest absolute Gasteiger partial charge is 0.230 e. The first-order valence-corrected chi connectivity index (χ1v) is 12.6. The largest absolute Gasteiger partial charge is 0.492 e. The fraction of sp³-hybridized carbons (Fsp3) is 0.556. The third-order valence-corrected chi connectivity index (χ3v) is 7.59. The first kappa shape index (κ1) is 22.4. The predicted molar refractivity (Wildman–Crippen MR) is 129 cm³/mol. The molecule has 0 radical (unpaired) electrons. The van der Waals surface area contributed by atoms with Crippen LogP contribution < -0.4 is 4.74 Å². The Labute approximate surface area is 197 Å². The molecule has 1 atom stereocenters. The number of amides is 1. The molecule has 1 amide bonds. The first-order chi connectivity index (χ1) is 16.2. The molecule has 6 nitrogen and oxygen atoms in total. The van der Waals surface area contributed by atoms with E-state index in [1.54, 1.807) is 6.20 Å². The van der Waals surface area contributed by atoms with Crippen molar-refractivity contribution in [3.05, 3.63) is 59.9 Å². The summed E-state index contributed by atoms with van der Waals surface area (Å²) in [5, 5.41) is 0. The summed E-state index contributed by atoms with van der Waals surface area (Å²) in [6.45, 7) is 8.24. The van der Waals surface area contributed by atoms with Gasteiger partial charge in [-0.1, -0.05) is 30.7 Å². The Kier molecular flexibility index (Phi) is 6.93. The van der Waals surface area contributed by atoms with Gasteiger partial charge in [0.25, 0.3) is 0 Å². The lowest BCUT2D eigenvalue weighted by Gasteiger charge is -2.26. The zero-order chi connectivity index (χ0) is 22.5. The molecule has 0 bridgehead atoms. The maximum absolute atomic E-state index is 13.3. The third-order valence-electron chi connectivity index (χ3n) is 7.59. The van der Waals surface area contributed by atoms with E-state index in [4.69, 9.17) is 4.74 Å². The Morgan fingerprint density at radius 2 is 1.70 bits per heavy atom. The molecule has 1 aromatic heterocycles. The number of para-hydroxylation sites is 1. The molecule has 1 unspecified atom stereocenters. The van der Waals surface area contributed by atoms with Gasteiger partial charge < -0.3 is 9.64 Å². The summed E-state index contributed by atoms with van der Waals surface area (Å²) < 4.78 is 6.22. The van der Waals surface area contributed by atoms with Gasteiger partial charge in [-0.3, -0.25) is 19.6 Å². The van der Waals surface area contributed by atoms with E-state index >= 15 is 0 Å². The summed E-state index contributed by atoms with van der Waals surface area (Å²) in [6.07, 6.45) is 7.68. The number of piperidine rings is 1. The minimum Gasteiger partial charge on any atom is -0.492 e. The van der Waals surface area contributed by atoms with Crippen molar-refractivity contribution in [2.45, 2.75) is 45.2 Å². The SMILES string of the molecule is O=C1N(Cc2ccccn2)CCC12CCN(Cc1ccccc1OCCN1CCCCC1)C2. The number of rotatable bonds is 8. The van der Waals surface area contributed by atoms with Crippen molar-refractivity contribution in [2.24, 2.45) is 5.41 Å². The standard InChI is InChI=1S/C27H36N4O2/c32-26-27(12-17-31(26)21-24-9-4-5-13-28-24)11-16-30(22-27)20-23-8-2-3-10-25(23)33-19-18-29-14-6-1-7-15-29/h2-5,8-10,13H,1,6-7,11-12,14-22H2. The van der Waals surface area contributed by atoms with Gasteiger partial charge in [-0.2, -0.15) is 0 Å². The van der Waals surface area contributed by atoms with Crippen molar-refractivity contribution in [2.75, 3.05) is 45.9 Å². The van der Waals surface area contributed by atoms with Crippen molar-refractivity contribution in [1.82, 2.24) is 19.7 Å². The van der Waals surface area contributed by atoms with Gasteiger partial charge >= 0.3 is 0 Å². The average Bonchev–Trinajstić information content (AvgIpc) is 3.40. The molecule has 3 aliphatic rings. The van der Waals surface area contributed by atoms with Gasteiger partial charge in [0, 0.05) is 37.9 Å². The Bertz CT molecular complexity index is 931. The molecule has 5 rings (SSSR count). The van der Waals surface area contributed by atoms with E-state index < -0.39 is 0 Å².